The summed E-state index contributed by atoms with van der Waals surface area (Å²) in [4.78, 5) is 5.23. The maximum Gasteiger partial charge on any atom is 0.0726 e. The van der Waals surface area contributed by atoms with Gasteiger partial charge in [-0.3, -0.25) is 0 Å². The molecule has 2 aliphatic rings. The first-order valence-corrected chi connectivity index (χ1v) is 19.8. The van der Waals surface area contributed by atoms with Gasteiger partial charge in [0.05, 0.1) is 16.8 Å². The maximum atomic E-state index is 5.23. The van der Waals surface area contributed by atoms with Gasteiger partial charge in [0.2, 0.25) is 0 Å². The molecule has 0 atom stereocenters. The molecule has 12 rings (SSSR count). The van der Waals surface area contributed by atoms with Crippen LogP contribution in [0.5, 0.6) is 0 Å². The summed E-state index contributed by atoms with van der Waals surface area (Å²) in [6.45, 7) is 0. The zero-order valence-corrected chi connectivity index (χ0v) is 31.2. The summed E-state index contributed by atoms with van der Waals surface area (Å²) in [5.74, 6) is 0. The summed E-state index contributed by atoms with van der Waals surface area (Å²) in [5.41, 5.74) is 19.0. The molecule has 0 unspecified atom stereocenters. The first-order chi connectivity index (χ1) is 28.2. The zero-order chi connectivity index (χ0) is 37.5. The van der Waals surface area contributed by atoms with Crippen molar-refractivity contribution in [2.24, 2.45) is 0 Å². The second-order valence-corrected chi connectivity index (χ2v) is 15.4. The number of benzene rings is 9. The Balaban J connectivity index is 0.985. The van der Waals surface area contributed by atoms with Gasteiger partial charge >= 0.3 is 0 Å². The largest absolute Gasteiger partial charge is 0.248 e. The summed E-state index contributed by atoms with van der Waals surface area (Å²) < 4.78 is 0. The molecule has 0 bridgehead atoms. The lowest BCUT2D eigenvalue weighted by atomic mass is 9.70. The lowest BCUT2D eigenvalue weighted by molar-refractivity contribution is 0.797. The first-order valence-electron chi connectivity index (χ1n) is 19.8. The van der Waals surface area contributed by atoms with E-state index in [0.29, 0.717) is 0 Å². The second-order valence-electron chi connectivity index (χ2n) is 15.4. The Morgan fingerprint density at radius 2 is 0.737 bits per heavy atom. The van der Waals surface area contributed by atoms with Crippen molar-refractivity contribution in [3.05, 3.63) is 235 Å². The van der Waals surface area contributed by atoms with E-state index in [1.165, 1.54) is 77.2 Å². The third kappa shape index (κ3) is 4.73. The van der Waals surface area contributed by atoms with E-state index in [4.69, 9.17) is 4.98 Å². The molecule has 1 spiro atoms. The highest BCUT2D eigenvalue weighted by Crippen LogP contribution is 2.62. The fraction of sp³-hybridized carbons (Fsp3) is 0.0179. The van der Waals surface area contributed by atoms with Crippen LogP contribution in [-0.4, -0.2) is 4.98 Å². The van der Waals surface area contributed by atoms with Gasteiger partial charge in [-0.15, -0.1) is 0 Å². The molecule has 1 heteroatoms. The summed E-state index contributed by atoms with van der Waals surface area (Å²) in [6.07, 6.45) is 0. The molecule has 57 heavy (non-hydrogen) atoms. The lowest BCUT2D eigenvalue weighted by Gasteiger charge is -2.31. The van der Waals surface area contributed by atoms with Gasteiger partial charge in [0.15, 0.2) is 0 Å². The molecular weight excluding hydrogens is 687 g/mol. The van der Waals surface area contributed by atoms with E-state index in [1.807, 2.05) is 0 Å². The number of hydrogen-bond donors (Lipinski definition) is 0. The van der Waals surface area contributed by atoms with Crippen LogP contribution in [0.2, 0.25) is 0 Å². The first kappa shape index (κ1) is 31.9. The van der Waals surface area contributed by atoms with Crippen molar-refractivity contribution in [2.45, 2.75) is 5.41 Å². The van der Waals surface area contributed by atoms with E-state index >= 15 is 0 Å². The summed E-state index contributed by atoms with van der Waals surface area (Å²) in [7, 11) is 0. The molecular formula is C56H35N. The second kappa shape index (κ2) is 12.3. The molecule has 0 amide bonds. The summed E-state index contributed by atoms with van der Waals surface area (Å²) in [5, 5.41) is 5.39. The molecule has 1 aromatic heterocycles. The molecule has 1 nitrogen and oxygen atoms in total. The van der Waals surface area contributed by atoms with Crippen LogP contribution >= 0.6 is 0 Å². The molecule has 0 aliphatic heterocycles. The van der Waals surface area contributed by atoms with E-state index in [-0.39, 0.29) is 5.41 Å². The minimum Gasteiger partial charge on any atom is -0.248 e. The van der Waals surface area contributed by atoms with E-state index in [9.17, 15) is 0 Å². The van der Waals surface area contributed by atoms with Gasteiger partial charge in [-0.25, -0.2) is 4.98 Å². The Bertz CT molecular complexity index is 3110. The summed E-state index contributed by atoms with van der Waals surface area (Å²) >= 11 is 0. The van der Waals surface area contributed by atoms with Crippen LogP contribution in [0, 0.1) is 0 Å². The molecule has 10 aromatic rings. The predicted octanol–water partition coefficient (Wildman–Crippen LogP) is 14.4. The number of rotatable bonds is 5. The standard InChI is InChI=1S/C56H35N/c1-3-13-36(14-4-1)45-34-52(37-15-5-2-6-16-37)57-53(35-45)44-22-10-21-42(32-44)40-19-9-20-41(31-40)43-29-30-47-46-23-7-8-24-48(46)56(51(47)33-43)49-25-11-17-38-27-28-39-18-12-26-50(56)55(39)54(38)49/h1-35H. The number of nitrogens with zero attached hydrogens (tertiary/aromatic N) is 1. The third-order valence-corrected chi connectivity index (χ3v) is 12.4. The van der Waals surface area contributed by atoms with Gasteiger partial charge in [-0.05, 0) is 119 Å². The van der Waals surface area contributed by atoms with Crippen LogP contribution in [0.4, 0.5) is 0 Å². The molecule has 264 valence electrons. The van der Waals surface area contributed by atoms with Crippen molar-refractivity contribution in [1.29, 1.82) is 0 Å². The van der Waals surface area contributed by atoms with Crippen LogP contribution in [0.25, 0.3) is 88.6 Å². The van der Waals surface area contributed by atoms with E-state index in [2.05, 4.69) is 212 Å². The Labute approximate surface area is 332 Å². The van der Waals surface area contributed by atoms with E-state index in [1.54, 1.807) is 0 Å². The van der Waals surface area contributed by atoms with Crippen molar-refractivity contribution < 1.29 is 0 Å². The smallest absolute Gasteiger partial charge is 0.0726 e. The zero-order valence-electron chi connectivity index (χ0n) is 31.2. The van der Waals surface area contributed by atoms with Gasteiger partial charge in [0.1, 0.15) is 0 Å². The highest BCUT2D eigenvalue weighted by Gasteiger charge is 2.50. The predicted molar refractivity (Wildman–Crippen MR) is 237 cm³/mol. The summed E-state index contributed by atoms with van der Waals surface area (Å²) in [6, 6.07) is 78.0. The average Bonchev–Trinajstić information content (AvgIpc) is 3.77. The van der Waals surface area contributed by atoms with Crippen LogP contribution in [-0.2, 0) is 5.41 Å². The van der Waals surface area contributed by atoms with Gasteiger partial charge in [0.25, 0.3) is 0 Å². The lowest BCUT2D eigenvalue weighted by Crippen LogP contribution is -2.26. The SMILES string of the molecule is c1ccc(-c2cc(-c3ccccc3)nc(-c3cccc(-c4cccc(-c5ccc6c(c5)C5(c7ccccc7-6)c6cccc7ccc8cccc5c8c67)c4)c3)c2)cc1. The van der Waals surface area contributed by atoms with Crippen LogP contribution in [0.1, 0.15) is 22.3 Å². The monoisotopic (exact) mass is 721 g/mol. The van der Waals surface area contributed by atoms with Gasteiger partial charge in [0, 0.05) is 11.1 Å². The van der Waals surface area contributed by atoms with Crippen molar-refractivity contribution in [1.82, 2.24) is 4.98 Å². The maximum absolute atomic E-state index is 5.23. The fourth-order valence-electron chi connectivity index (χ4n) is 9.93. The van der Waals surface area contributed by atoms with Crippen molar-refractivity contribution in [3.63, 3.8) is 0 Å². The average molecular weight is 722 g/mol. The molecule has 1 heterocycles. The molecule has 0 saturated heterocycles. The van der Waals surface area contributed by atoms with Crippen LogP contribution in [0.3, 0.4) is 0 Å². The van der Waals surface area contributed by atoms with Gasteiger partial charge in [-0.1, -0.05) is 182 Å². The minimum atomic E-state index is -0.378. The minimum absolute atomic E-state index is 0.378. The molecule has 0 fully saturated rings. The Morgan fingerprint density at radius 1 is 0.263 bits per heavy atom. The highest BCUT2D eigenvalue weighted by atomic mass is 14.7. The van der Waals surface area contributed by atoms with Gasteiger partial charge < -0.3 is 0 Å². The van der Waals surface area contributed by atoms with Crippen molar-refractivity contribution >= 4 is 21.5 Å². The number of aromatic nitrogens is 1. The van der Waals surface area contributed by atoms with Crippen molar-refractivity contribution in [3.8, 4) is 67.0 Å². The van der Waals surface area contributed by atoms with Crippen molar-refractivity contribution in [2.75, 3.05) is 0 Å². The van der Waals surface area contributed by atoms with Crippen LogP contribution in [0.15, 0.2) is 212 Å². The normalized spacial score (nSPS) is 13.1. The Morgan fingerprint density at radius 3 is 1.40 bits per heavy atom. The Hall–Kier alpha value is -7.35. The molecule has 9 aromatic carbocycles. The number of pyridine rings is 1. The molecule has 0 radical (unpaired) electrons. The molecule has 0 saturated carbocycles. The quantitative estimate of drug-likeness (QED) is 0.161. The topological polar surface area (TPSA) is 12.9 Å². The number of hydrogen-bond acceptors (Lipinski definition) is 1. The third-order valence-electron chi connectivity index (χ3n) is 12.4. The van der Waals surface area contributed by atoms with E-state index in [0.717, 1.165) is 33.6 Å². The molecule has 2 aliphatic carbocycles. The number of fused-ring (bicyclic) bond motifs is 7. The van der Waals surface area contributed by atoms with Gasteiger partial charge in [-0.2, -0.15) is 0 Å². The van der Waals surface area contributed by atoms with E-state index < -0.39 is 0 Å². The molecule has 0 N–H and O–H groups in total. The Kier molecular flexibility index (Phi) is 6.91. The highest BCUT2D eigenvalue weighted by molar-refractivity contribution is 6.17. The van der Waals surface area contributed by atoms with Crippen LogP contribution < -0.4 is 0 Å². The fourth-order valence-corrected chi connectivity index (χ4v) is 9.93.